The molecule has 4 nitrogen and oxygen atoms in total. The number of ketones is 1. The standard InChI is InChI=1S/C22H23NO3S/c1-27-17-9-6-16(7-10-17)8-11-21(25)23-13-12-22(15-23)14-19(24)18-4-2-3-5-20(18)26-22/h2-7,9-10H,8,11-15H2,1H3. The molecule has 2 aliphatic rings. The number of likely N-dealkylation sites (tertiary alicyclic amines) is 1. The van der Waals surface area contributed by atoms with Crippen molar-refractivity contribution in [1.29, 1.82) is 0 Å². The lowest BCUT2D eigenvalue weighted by Gasteiger charge is -2.34. The van der Waals surface area contributed by atoms with Crippen molar-refractivity contribution in [2.75, 3.05) is 19.3 Å². The number of aryl methyl sites for hydroxylation is 1. The first kappa shape index (κ1) is 18.1. The van der Waals surface area contributed by atoms with Crippen molar-refractivity contribution in [2.24, 2.45) is 0 Å². The number of carbonyl (C=O) groups excluding carboxylic acids is 2. The van der Waals surface area contributed by atoms with E-state index in [9.17, 15) is 9.59 Å². The fourth-order valence-electron chi connectivity index (χ4n) is 3.93. The third kappa shape index (κ3) is 3.74. The van der Waals surface area contributed by atoms with E-state index in [2.05, 4.69) is 30.5 Å². The first-order valence-electron chi connectivity index (χ1n) is 9.30. The van der Waals surface area contributed by atoms with Crippen molar-refractivity contribution in [2.45, 2.75) is 36.2 Å². The van der Waals surface area contributed by atoms with Crippen LogP contribution in [0, 0.1) is 0 Å². The molecule has 140 valence electrons. The highest BCUT2D eigenvalue weighted by Gasteiger charge is 2.46. The number of fused-ring (bicyclic) bond motifs is 1. The maximum absolute atomic E-state index is 12.7. The zero-order valence-electron chi connectivity index (χ0n) is 15.4. The smallest absolute Gasteiger partial charge is 0.223 e. The lowest BCUT2D eigenvalue weighted by atomic mass is 9.89. The average molecular weight is 381 g/mol. The molecule has 2 aromatic carbocycles. The highest BCUT2D eigenvalue weighted by atomic mass is 32.2. The van der Waals surface area contributed by atoms with Gasteiger partial charge in [-0.05, 0) is 42.5 Å². The molecule has 1 saturated heterocycles. The molecule has 0 N–H and O–H groups in total. The van der Waals surface area contributed by atoms with E-state index >= 15 is 0 Å². The highest BCUT2D eigenvalue weighted by molar-refractivity contribution is 7.98. The first-order chi connectivity index (χ1) is 13.1. The second kappa shape index (κ2) is 7.39. The summed E-state index contributed by atoms with van der Waals surface area (Å²) < 4.78 is 6.20. The van der Waals surface area contributed by atoms with Gasteiger partial charge in [0.05, 0.1) is 18.5 Å². The molecule has 1 amide bonds. The summed E-state index contributed by atoms with van der Waals surface area (Å²) in [5.74, 6) is 0.896. The predicted molar refractivity (Wildman–Crippen MR) is 106 cm³/mol. The number of para-hydroxylation sites is 1. The van der Waals surface area contributed by atoms with Gasteiger partial charge in [-0.2, -0.15) is 0 Å². The highest BCUT2D eigenvalue weighted by Crippen LogP contribution is 2.38. The number of carbonyl (C=O) groups is 2. The third-order valence-electron chi connectivity index (χ3n) is 5.45. The second-order valence-electron chi connectivity index (χ2n) is 7.29. The Balaban J connectivity index is 1.37. The number of Topliss-reactive ketones (excluding diaryl/α,β-unsaturated/α-hetero) is 1. The lowest BCUT2D eigenvalue weighted by molar-refractivity contribution is -0.130. The van der Waals surface area contributed by atoms with Gasteiger partial charge in [0.1, 0.15) is 11.4 Å². The Morgan fingerprint density at radius 1 is 1.19 bits per heavy atom. The van der Waals surface area contributed by atoms with Crippen LogP contribution >= 0.6 is 11.8 Å². The molecule has 0 radical (unpaired) electrons. The molecule has 0 aliphatic carbocycles. The van der Waals surface area contributed by atoms with Crippen LogP contribution in [-0.4, -0.2) is 41.5 Å². The topological polar surface area (TPSA) is 46.6 Å². The molecule has 1 unspecified atom stereocenters. The van der Waals surface area contributed by atoms with Crippen LogP contribution in [0.2, 0.25) is 0 Å². The number of thioether (sulfide) groups is 1. The maximum atomic E-state index is 12.7. The molecule has 27 heavy (non-hydrogen) atoms. The zero-order valence-corrected chi connectivity index (χ0v) is 16.3. The minimum atomic E-state index is -0.554. The quantitative estimate of drug-likeness (QED) is 0.752. The van der Waals surface area contributed by atoms with E-state index < -0.39 is 5.60 Å². The molecule has 1 fully saturated rings. The summed E-state index contributed by atoms with van der Waals surface area (Å²) in [5.41, 5.74) is 1.27. The lowest BCUT2D eigenvalue weighted by Crippen LogP contribution is -2.45. The van der Waals surface area contributed by atoms with Gasteiger partial charge in [0.15, 0.2) is 5.78 Å². The summed E-state index contributed by atoms with van der Waals surface area (Å²) in [6, 6.07) is 15.7. The van der Waals surface area contributed by atoms with Gasteiger partial charge in [0.25, 0.3) is 0 Å². The van der Waals surface area contributed by atoms with Crippen molar-refractivity contribution < 1.29 is 14.3 Å². The maximum Gasteiger partial charge on any atom is 0.223 e. The minimum absolute atomic E-state index is 0.111. The van der Waals surface area contributed by atoms with Gasteiger partial charge in [-0.3, -0.25) is 9.59 Å². The molecule has 5 heteroatoms. The average Bonchev–Trinajstić information content (AvgIpc) is 3.09. The number of ether oxygens (including phenoxy) is 1. The molecular weight excluding hydrogens is 358 g/mol. The Morgan fingerprint density at radius 2 is 1.96 bits per heavy atom. The van der Waals surface area contributed by atoms with E-state index in [1.54, 1.807) is 11.8 Å². The fourth-order valence-corrected chi connectivity index (χ4v) is 4.34. The predicted octanol–water partition coefficient (Wildman–Crippen LogP) is 3.98. The van der Waals surface area contributed by atoms with Gasteiger partial charge < -0.3 is 9.64 Å². The summed E-state index contributed by atoms with van der Waals surface area (Å²) in [7, 11) is 0. The molecule has 0 saturated carbocycles. The van der Waals surface area contributed by atoms with Crippen molar-refractivity contribution in [1.82, 2.24) is 4.90 Å². The van der Waals surface area contributed by atoms with Gasteiger partial charge >= 0.3 is 0 Å². The number of nitrogens with zero attached hydrogens (tertiary/aromatic N) is 1. The number of rotatable bonds is 4. The minimum Gasteiger partial charge on any atom is -0.484 e. The van der Waals surface area contributed by atoms with Crippen LogP contribution < -0.4 is 4.74 Å². The fraction of sp³-hybridized carbons (Fsp3) is 0.364. The number of benzene rings is 2. The molecule has 4 rings (SSSR count). The monoisotopic (exact) mass is 381 g/mol. The molecule has 1 atom stereocenters. The SMILES string of the molecule is CSc1ccc(CCC(=O)N2CCC3(CC(=O)c4ccccc4O3)C2)cc1. The van der Waals surface area contributed by atoms with Crippen LogP contribution in [0.15, 0.2) is 53.4 Å². The Morgan fingerprint density at radius 3 is 2.74 bits per heavy atom. The van der Waals surface area contributed by atoms with E-state index in [0.717, 1.165) is 6.42 Å². The van der Waals surface area contributed by atoms with Gasteiger partial charge in [-0.1, -0.05) is 24.3 Å². The van der Waals surface area contributed by atoms with Crippen LogP contribution in [0.4, 0.5) is 0 Å². The van der Waals surface area contributed by atoms with E-state index in [4.69, 9.17) is 4.74 Å². The molecular formula is C22H23NO3S. The first-order valence-corrected chi connectivity index (χ1v) is 10.5. The van der Waals surface area contributed by atoms with Crippen LogP contribution in [0.1, 0.15) is 35.2 Å². The molecule has 2 aromatic rings. The van der Waals surface area contributed by atoms with Crippen molar-refractivity contribution in [3.63, 3.8) is 0 Å². The van der Waals surface area contributed by atoms with E-state index in [1.165, 1.54) is 10.5 Å². The summed E-state index contributed by atoms with van der Waals surface area (Å²) in [4.78, 5) is 28.3. The Bertz CT molecular complexity index is 864. The van der Waals surface area contributed by atoms with Crippen LogP contribution in [-0.2, 0) is 11.2 Å². The molecule has 2 heterocycles. The van der Waals surface area contributed by atoms with Crippen molar-refractivity contribution >= 4 is 23.5 Å². The summed E-state index contributed by atoms with van der Waals surface area (Å²) in [5, 5.41) is 0. The van der Waals surface area contributed by atoms with Crippen molar-refractivity contribution in [3.8, 4) is 5.75 Å². The molecule has 0 aromatic heterocycles. The normalized spacial score (nSPS) is 21.2. The Hall–Kier alpha value is -2.27. The van der Waals surface area contributed by atoms with Gasteiger partial charge in [0.2, 0.25) is 5.91 Å². The van der Waals surface area contributed by atoms with E-state index in [1.807, 2.05) is 29.2 Å². The van der Waals surface area contributed by atoms with Crippen molar-refractivity contribution in [3.05, 3.63) is 59.7 Å². The largest absolute Gasteiger partial charge is 0.484 e. The van der Waals surface area contributed by atoms with Gasteiger partial charge in [-0.25, -0.2) is 0 Å². The molecule has 2 aliphatic heterocycles. The van der Waals surface area contributed by atoms with E-state index in [-0.39, 0.29) is 11.7 Å². The number of hydrogen-bond donors (Lipinski definition) is 0. The summed E-state index contributed by atoms with van der Waals surface area (Å²) >= 11 is 1.71. The number of amides is 1. The Labute approximate surface area is 163 Å². The Kier molecular flexibility index (Phi) is 4.96. The van der Waals surface area contributed by atoms with Gasteiger partial charge in [-0.15, -0.1) is 11.8 Å². The number of hydrogen-bond acceptors (Lipinski definition) is 4. The second-order valence-corrected chi connectivity index (χ2v) is 8.17. The third-order valence-corrected chi connectivity index (χ3v) is 6.20. The summed E-state index contributed by atoms with van der Waals surface area (Å²) in [6.45, 7) is 1.15. The van der Waals surface area contributed by atoms with E-state index in [0.29, 0.717) is 43.7 Å². The van der Waals surface area contributed by atoms with Crippen LogP contribution in [0.5, 0.6) is 5.75 Å². The van der Waals surface area contributed by atoms with Crippen LogP contribution in [0.25, 0.3) is 0 Å². The summed E-state index contributed by atoms with van der Waals surface area (Å²) in [6.07, 6.45) is 4.34. The van der Waals surface area contributed by atoms with Gasteiger partial charge in [0, 0.05) is 24.3 Å². The van der Waals surface area contributed by atoms with Crippen LogP contribution in [0.3, 0.4) is 0 Å². The molecule has 0 bridgehead atoms. The zero-order chi connectivity index (χ0) is 18.9. The molecule has 1 spiro atoms.